The molecule has 0 aromatic carbocycles. The Morgan fingerprint density at radius 1 is 0.763 bits per heavy atom. The first kappa shape index (κ1) is 35.0. The van der Waals surface area contributed by atoms with Gasteiger partial charge in [0.1, 0.15) is 0 Å². The molecule has 38 heavy (non-hydrogen) atoms. The molecule has 0 aromatic rings. The first-order valence-corrected chi connectivity index (χ1v) is 11.6. The molecule has 0 saturated heterocycles. The monoisotopic (exact) mass is 550 g/mol. The number of oxime groups is 2. The van der Waals surface area contributed by atoms with Gasteiger partial charge in [-0.15, -0.1) is 0 Å². The van der Waals surface area contributed by atoms with Crippen LogP contribution < -0.4 is 10.6 Å². The second-order valence-electron chi connectivity index (χ2n) is 7.67. The van der Waals surface area contributed by atoms with Crippen LogP contribution in [0.1, 0.15) is 13.8 Å². The highest BCUT2D eigenvalue weighted by molar-refractivity contribution is 5.78. The van der Waals surface area contributed by atoms with E-state index in [0.29, 0.717) is 12.6 Å². The van der Waals surface area contributed by atoms with E-state index >= 15 is 0 Å². The molecule has 0 radical (unpaired) electrons. The maximum absolute atomic E-state index is 11.8. The van der Waals surface area contributed by atoms with Gasteiger partial charge in [-0.25, -0.2) is 0 Å². The minimum absolute atomic E-state index is 0.117. The zero-order valence-corrected chi connectivity index (χ0v) is 21.9. The van der Waals surface area contributed by atoms with Crippen molar-refractivity contribution in [2.45, 2.75) is 38.6 Å². The van der Waals surface area contributed by atoms with Gasteiger partial charge >= 0.3 is 0 Å². The van der Waals surface area contributed by atoms with Gasteiger partial charge in [0.15, 0.2) is 25.8 Å². The van der Waals surface area contributed by atoms with E-state index in [-0.39, 0.29) is 39.5 Å². The summed E-state index contributed by atoms with van der Waals surface area (Å²) >= 11 is 0. The van der Waals surface area contributed by atoms with Crippen molar-refractivity contribution in [3.8, 4) is 0 Å². The van der Waals surface area contributed by atoms with Gasteiger partial charge in [0, 0.05) is 51.6 Å². The van der Waals surface area contributed by atoms with Gasteiger partial charge in [-0.2, -0.15) is 0 Å². The van der Waals surface area contributed by atoms with E-state index < -0.39 is 48.4 Å². The number of hydrogen-bond donors (Lipinski definition) is 4. The average molecular weight is 551 g/mol. The third kappa shape index (κ3) is 16.0. The average Bonchev–Trinajstić information content (AvgIpc) is 2.92. The molecule has 6 atom stereocenters. The molecule has 0 aromatic heterocycles. The first-order valence-electron chi connectivity index (χ1n) is 11.6. The van der Waals surface area contributed by atoms with E-state index in [4.69, 9.17) is 28.6 Å². The topological polar surface area (TPSA) is 213 Å². The molecule has 0 rings (SSSR count). The fourth-order valence-electron chi connectivity index (χ4n) is 2.47. The van der Waals surface area contributed by atoms with Crippen molar-refractivity contribution in [1.29, 1.82) is 0 Å². The highest BCUT2D eigenvalue weighted by Crippen LogP contribution is 2.09. The van der Waals surface area contributed by atoms with Crippen LogP contribution in [0.2, 0.25) is 0 Å². The number of rotatable bonds is 23. The minimum atomic E-state index is -1.12. The molecule has 0 fully saturated rings. The van der Waals surface area contributed by atoms with Crippen LogP contribution in [0.25, 0.3) is 0 Å². The van der Waals surface area contributed by atoms with Crippen molar-refractivity contribution in [3.63, 3.8) is 0 Å². The molecule has 0 heterocycles. The summed E-state index contributed by atoms with van der Waals surface area (Å²) in [5.41, 5.74) is 0. The predicted molar refractivity (Wildman–Crippen MR) is 131 cm³/mol. The normalized spacial score (nSPS) is 16.3. The summed E-state index contributed by atoms with van der Waals surface area (Å²) in [6, 6.07) is 0. The zero-order chi connectivity index (χ0) is 28.8. The molecule has 0 bridgehead atoms. The molecule has 16 nitrogen and oxygen atoms in total. The number of amides is 2. The number of carbonyl (C=O) groups excluding carboxylic acids is 4. The van der Waals surface area contributed by atoms with Gasteiger partial charge in [0.05, 0.1) is 25.4 Å². The molecule has 4 N–H and O–H groups in total. The number of nitrogens with zero attached hydrogens (tertiary/aromatic N) is 2. The van der Waals surface area contributed by atoms with Gasteiger partial charge in [-0.3, -0.25) is 19.2 Å². The second kappa shape index (κ2) is 22.0. The summed E-state index contributed by atoms with van der Waals surface area (Å²) in [6.45, 7) is 2.01. The maximum Gasteiger partial charge on any atom is 0.260 e. The number of ether oxygens (including phenoxy) is 4. The van der Waals surface area contributed by atoms with Gasteiger partial charge in [0.25, 0.3) is 11.8 Å². The van der Waals surface area contributed by atoms with E-state index in [1.54, 1.807) is 13.8 Å². The number of aliphatic hydroxyl groups is 2. The Morgan fingerprint density at radius 3 is 1.42 bits per heavy atom. The predicted octanol–water partition coefficient (Wildman–Crippen LogP) is -2.41. The largest absolute Gasteiger partial charge is 0.394 e. The van der Waals surface area contributed by atoms with E-state index in [1.807, 2.05) is 0 Å². The van der Waals surface area contributed by atoms with Crippen molar-refractivity contribution >= 4 is 36.8 Å². The fourth-order valence-corrected chi connectivity index (χ4v) is 2.47. The molecule has 0 spiro atoms. The number of nitrogens with one attached hydrogen (secondary N) is 2. The van der Waals surface area contributed by atoms with Gasteiger partial charge in [-0.05, 0) is 0 Å². The van der Waals surface area contributed by atoms with E-state index in [0.717, 1.165) is 0 Å². The molecule has 16 heteroatoms. The minimum Gasteiger partial charge on any atom is -0.394 e. The van der Waals surface area contributed by atoms with Crippen LogP contribution in [-0.4, -0.2) is 126 Å². The summed E-state index contributed by atoms with van der Waals surface area (Å²) in [4.78, 5) is 54.8. The Hall–Kier alpha value is -3.02. The fraction of sp³-hybridized carbons (Fsp3) is 0.727. The van der Waals surface area contributed by atoms with Crippen LogP contribution in [0.15, 0.2) is 10.3 Å². The Bertz CT molecular complexity index is 679. The summed E-state index contributed by atoms with van der Waals surface area (Å²) < 4.78 is 20.0. The summed E-state index contributed by atoms with van der Waals surface area (Å²) in [7, 11) is 2.57. The SMILES string of the molecule is COC(C=O)OC(CO)C(C)C=NOCC(=O)NCCNC(=O)CO/N=C/C(C)C(CO)OC(C=O)OC. The Labute approximate surface area is 220 Å². The van der Waals surface area contributed by atoms with Crippen LogP contribution in [0.5, 0.6) is 0 Å². The molecule has 0 aliphatic carbocycles. The van der Waals surface area contributed by atoms with Gasteiger partial charge in [0.2, 0.25) is 12.6 Å². The molecule has 218 valence electrons. The number of methoxy groups -OCH3 is 2. The Kier molecular flexibility index (Phi) is 20.3. The summed E-state index contributed by atoms with van der Waals surface area (Å²) in [5, 5.41) is 31.0. The molecular weight excluding hydrogens is 512 g/mol. The lowest BCUT2D eigenvalue weighted by molar-refractivity contribution is -0.172. The maximum atomic E-state index is 11.8. The smallest absolute Gasteiger partial charge is 0.260 e. The Balaban J connectivity index is 4.11. The number of aliphatic hydroxyl groups excluding tert-OH is 2. The molecule has 0 aliphatic heterocycles. The molecular formula is C22H38N4O12. The standard InChI is InChI=1S/C22H38N4O12/c1-15(17(9-27)37-21(11-29)33-3)7-25-35-13-19(31)23-5-6-24-20(32)14-36-26-8-16(2)18(10-28)38-22(12-30)34-4/h7-8,11-12,15-18,21-22,27-28H,5-6,9-10,13-14H2,1-4H3,(H,23,31)(H,24,32)/b25-7+,26-8?. The van der Waals surface area contributed by atoms with Crippen LogP contribution in [0.4, 0.5) is 0 Å². The molecule has 0 aliphatic rings. The quantitative estimate of drug-likeness (QED) is 0.0344. The number of hydrogen-bond acceptors (Lipinski definition) is 14. The van der Waals surface area contributed by atoms with E-state index in [1.165, 1.54) is 26.6 Å². The lowest BCUT2D eigenvalue weighted by atomic mass is 10.1. The number of aldehydes is 2. The molecule has 6 unspecified atom stereocenters. The second-order valence-corrected chi connectivity index (χ2v) is 7.67. The lowest BCUT2D eigenvalue weighted by Gasteiger charge is -2.21. The van der Waals surface area contributed by atoms with E-state index in [9.17, 15) is 29.4 Å². The van der Waals surface area contributed by atoms with Crippen LogP contribution in [0.3, 0.4) is 0 Å². The molecule has 2 amide bonds. The van der Waals surface area contributed by atoms with Crippen molar-refractivity contribution in [2.75, 3.05) is 53.7 Å². The zero-order valence-electron chi connectivity index (χ0n) is 21.9. The van der Waals surface area contributed by atoms with Crippen molar-refractivity contribution in [3.05, 3.63) is 0 Å². The van der Waals surface area contributed by atoms with E-state index in [2.05, 4.69) is 20.9 Å². The highest BCUT2D eigenvalue weighted by Gasteiger charge is 2.21. The van der Waals surface area contributed by atoms with Crippen molar-refractivity contribution in [1.82, 2.24) is 10.6 Å². The van der Waals surface area contributed by atoms with Crippen LogP contribution in [0, 0.1) is 11.8 Å². The third-order valence-electron chi connectivity index (χ3n) is 4.74. The first-order chi connectivity index (χ1) is 18.3. The van der Waals surface area contributed by atoms with Gasteiger partial charge < -0.3 is 49.5 Å². The summed E-state index contributed by atoms with van der Waals surface area (Å²) in [6.07, 6.45) is -0.264. The number of carbonyl (C=O) groups is 4. The van der Waals surface area contributed by atoms with Crippen LogP contribution in [-0.2, 0) is 47.8 Å². The molecule has 0 saturated carbocycles. The van der Waals surface area contributed by atoms with Gasteiger partial charge in [-0.1, -0.05) is 24.2 Å². The van der Waals surface area contributed by atoms with Crippen molar-refractivity contribution in [2.24, 2.45) is 22.1 Å². The third-order valence-corrected chi connectivity index (χ3v) is 4.74. The summed E-state index contributed by atoms with van der Waals surface area (Å²) in [5.74, 6) is -1.86. The Morgan fingerprint density at radius 2 is 1.13 bits per heavy atom. The highest BCUT2D eigenvalue weighted by atomic mass is 16.7. The van der Waals surface area contributed by atoms with Crippen LogP contribution >= 0.6 is 0 Å². The van der Waals surface area contributed by atoms with Crippen molar-refractivity contribution < 1.29 is 58.0 Å². The lowest BCUT2D eigenvalue weighted by Crippen LogP contribution is -2.37.